The largest absolute Gasteiger partial charge is 0.399 e. The fourth-order valence-corrected chi connectivity index (χ4v) is 2.50. The van der Waals surface area contributed by atoms with E-state index >= 15 is 0 Å². The summed E-state index contributed by atoms with van der Waals surface area (Å²) in [7, 11) is -2.65. The first-order valence-electron chi connectivity index (χ1n) is 6.27. The fraction of sp³-hybridized carbons (Fsp3) is 0.200. The minimum Gasteiger partial charge on any atom is -0.399 e. The van der Waals surface area contributed by atoms with Crippen LogP contribution in [-0.2, 0) is 16.3 Å². The van der Waals surface area contributed by atoms with Crippen LogP contribution in [0.25, 0.3) is 0 Å². The van der Waals surface area contributed by atoms with Crippen molar-refractivity contribution in [2.45, 2.75) is 19.3 Å². The highest BCUT2D eigenvalue weighted by Gasteiger charge is 2.23. The van der Waals surface area contributed by atoms with Gasteiger partial charge in [-0.15, -0.1) is 0 Å². The number of benzene rings is 2. The summed E-state index contributed by atoms with van der Waals surface area (Å²) in [5, 5.41) is 0. The minimum absolute atomic E-state index is 0.236. The van der Waals surface area contributed by atoms with Gasteiger partial charge in [0.25, 0.3) is 0 Å². The molecule has 106 valence electrons. The van der Waals surface area contributed by atoms with Crippen LogP contribution in [0.5, 0.6) is 0 Å². The number of nitrogens with one attached hydrogen (secondary N) is 1. The lowest BCUT2D eigenvalue weighted by Gasteiger charge is -2.26. The molecule has 0 aliphatic carbocycles. The zero-order chi connectivity index (χ0) is 14.8. The van der Waals surface area contributed by atoms with Crippen LogP contribution >= 0.6 is 0 Å². The van der Waals surface area contributed by atoms with Crippen molar-refractivity contribution in [1.29, 1.82) is 0 Å². The van der Waals surface area contributed by atoms with Crippen LogP contribution < -0.4 is 10.5 Å². The quantitative estimate of drug-likeness (QED) is 0.598. The predicted octanol–water partition coefficient (Wildman–Crippen LogP) is 2.53. The Morgan fingerprint density at radius 1 is 1.00 bits per heavy atom. The predicted molar refractivity (Wildman–Crippen MR) is 83.4 cm³/mol. The molecule has 0 saturated carbocycles. The Bertz CT molecular complexity index is 669. The zero-order valence-electron chi connectivity index (χ0n) is 11.5. The van der Waals surface area contributed by atoms with E-state index in [2.05, 4.69) is 18.6 Å². The molecule has 0 aliphatic heterocycles. The average Bonchev–Trinajstić information content (AvgIpc) is 2.39. The van der Waals surface area contributed by atoms with Crippen molar-refractivity contribution in [2.24, 2.45) is 0 Å². The number of nitrogen functional groups attached to an aromatic ring is 1. The van der Waals surface area contributed by atoms with Crippen molar-refractivity contribution in [1.82, 2.24) is 0 Å². The number of hydrogen-bond acceptors (Lipinski definition) is 3. The number of anilines is 2. The number of thiol groups is 1. The van der Waals surface area contributed by atoms with Gasteiger partial charge in [0, 0.05) is 16.8 Å². The van der Waals surface area contributed by atoms with Gasteiger partial charge < -0.3 is 5.73 Å². The summed E-state index contributed by atoms with van der Waals surface area (Å²) >= 11 is 0. The van der Waals surface area contributed by atoms with Gasteiger partial charge in [0.1, 0.15) is 0 Å². The van der Waals surface area contributed by atoms with Gasteiger partial charge in [-0.05, 0) is 35.4 Å². The summed E-state index contributed by atoms with van der Waals surface area (Å²) in [4.78, 5) is 0. The molecular weight excluding hydrogens is 272 g/mol. The molecule has 0 aliphatic rings. The first-order chi connectivity index (χ1) is 9.39. The maximum absolute atomic E-state index is 10.7. The van der Waals surface area contributed by atoms with Crippen molar-refractivity contribution in [3.63, 3.8) is 0 Å². The summed E-state index contributed by atoms with van der Waals surface area (Å²) < 4.78 is 23.9. The SMILES string of the molecule is CC(C)(c1ccc(N)cc1)c1cccc(N[SH](=O)=O)c1. The van der Waals surface area contributed by atoms with Crippen molar-refractivity contribution in [2.75, 3.05) is 10.5 Å². The Balaban J connectivity index is 2.40. The van der Waals surface area contributed by atoms with Crippen molar-refractivity contribution in [3.8, 4) is 0 Å². The number of rotatable bonds is 4. The molecule has 0 bridgehead atoms. The van der Waals surface area contributed by atoms with Gasteiger partial charge in [-0.2, -0.15) is 0 Å². The van der Waals surface area contributed by atoms with Crippen molar-refractivity contribution >= 4 is 22.3 Å². The second kappa shape index (κ2) is 5.54. The lowest BCUT2D eigenvalue weighted by Crippen LogP contribution is -2.19. The molecule has 3 N–H and O–H groups in total. The van der Waals surface area contributed by atoms with Gasteiger partial charge in [-0.1, -0.05) is 38.1 Å². The third-order valence-electron chi connectivity index (χ3n) is 3.44. The van der Waals surface area contributed by atoms with Gasteiger partial charge in [-0.3, -0.25) is 4.72 Å². The maximum Gasteiger partial charge on any atom is 0.222 e. The van der Waals surface area contributed by atoms with E-state index in [0.717, 1.165) is 16.8 Å². The molecule has 2 aromatic carbocycles. The topological polar surface area (TPSA) is 72.2 Å². The average molecular weight is 290 g/mol. The van der Waals surface area contributed by atoms with Gasteiger partial charge >= 0.3 is 0 Å². The fourth-order valence-electron chi connectivity index (χ4n) is 2.15. The van der Waals surface area contributed by atoms with Crippen LogP contribution in [0.3, 0.4) is 0 Å². The Hall–Kier alpha value is -2.01. The molecule has 20 heavy (non-hydrogen) atoms. The van der Waals surface area contributed by atoms with Crippen LogP contribution in [0.2, 0.25) is 0 Å². The molecule has 0 atom stereocenters. The molecular formula is C15H18N2O2S. The van der Waals surface area contributed by atoms with Crippen LogP contribution in [0.4, 0.5) is 11.4 Å². The van der Waals surface area contributed by atoms with Crippen LogP contribution in [0, 0.1) is 0 Å². The minimum atomic E-state index is -2.65. The lowest BCUT2D eigenvalue weighted by atomic mass is 9.78. The monoisotopic (exact) mass is 290 g/mol. The van der Waals surface area contributed by atoms with E-state index in [0.29, 0.717) is 5.69 Å². The highest BCUT2D eigenvalue weighted by atomic mass is 32.2. The van der Waals surface area contributed by atoms with E-state index < -0.39 is 10.9 Å². The Morgan fingerprint density at radius 3 is 2.25 bits per heavy atom. The molecule has 0 saturated heterocycles. The lowest BCUT2D eigenvalue weighted by molar-refractivity contribution is 0.618. The Morgan fingerprint density at radius 2 is 1.65 bits per heavy atom. The number of hydrogen-bond donors (Lipinski definition) is 3. The van der Waals surface area contributed by atoms with Gasteiger partial charge in [-0.25, -0.2) is 8.42 Å². The molecule has 4 nitrogen and oxygen atoms in total. The molecule has 0 heterocycles. The van der Waals surface area contributed by atoms with E-state index in [-0.39, 0.29) is 5.41 Å². The van der Waals surface area contributed by atoms with Gasteiger partial charge in [0.05, 0.1) is 0 Å². The Labute approximate surface area is 120 Å². The van der Waals surface area contributed by atoms with Crippen LogP contribution in [-0.4, -0.2) is 8.42 Å². The molecule has 0 aromatic heterocycles. The normalized spacial score (nSPS) is 11.6. The molecule has 0 fully saturated rings. The third-order valence-corrected chi connectivity index (χ3v) is 3.88. The smallest absolute Gasteiger partial charge is 0.222 e. The summed E-state index contributed by atoms with van der Waals surface area (Å²) in [6, 6.07) is 15.1. The standard InChI is InChI=1S/C15H18N2O2S/c1-15(2,11-6-8-13(16)9-7-11)12-4-3-5-14(10-12)17-20(18)19/h3-10,20H,16H2,1-2H3,(H,17,18,19). The summed E-state index contributed by atoms with van der Waals surface area (Å²) in [5.41, 5.74) is 8.92. The highest BCUT2D eigenvalue weighted by Crippen LogP contribution is 2.33. The first kappa shape index (κ1) is 14.4. The summed E-state index contributed by atoms with van der Waals surface area (Å²) in [6.45, 7) is 4.18. The molecule has 0 unspecified atom stereocenters. The first-order valence-corrected chi connectivity index (χ1v) is 7.45. The zero-order valence-corrected chi connectivity index (χ0v) is 12.4. The number of nitrogens with two attached hydrogens (primary N) is 1. The molecule has 0 radical (unpaired) electrons. The van der Waals surface area contributed by atoms with E-state index in [4.69, 9.17) is 5.73 Å². The van der Waals surface area contributed by atoms with Crippen LogP contribution in [0.1, 0.15) is 25.0 Å². The maximum atomic E-state index is 10.7. The van der Waals surface area contributed by atoms with Gasteiger partial charge in [0.2, 0.25) is 10.9 Å². The second-order valence-electron chi connectivity index (χ2n) is 5.20. The van der Waals surface area contributed by atoms with E-state index in [1.807, 2.05) is 42.5 Å². The highest BCUT2D eigenvalue weighted by molar-refractivity contribution is 7.73. The van der Waals surface area contributed by atoms with Gasteiger partial charge in [0.15, 0.2) is 0 Å². The molecule has 0 amide bonds. The summed E-state index contributed by atoms with van der Waals surface area (Å²) in [6.07, 6.45) is 0. The van der Waals surface area contributed by atoms with E-state index in [9.17, 15) is 8.42 Å². The molecule has 0 spiro atoms. The summed E-state index contributed by atoms with van der Waals surface area (Å²) in [5.74, 6) is 0. The Kier molecular flexibility index (Phi) is 3.99. The van der Waals surface area contributed by atoms with Crippen LogP contribution in [0.15, 0.2) is 48.5 Å². The van der Waals surface area contributed by atoms with E-state index in [1.165, 1.54) is 0 Å². The van der Waals surface area contributed by atoms with E-state index in [1.54, 1.807) is 6.07 Å². The second-order valence-corrected chi connectivity index (χ2v) is 5.93. The molecule has 2 rings (SSSR count). The van der Waals surface area contributed by atoms with Crippen molar-refractivity contribution < 1.29 is 8.42 Å². The van der Waals surface area contributed by atoms with Crippen molar-refractivity contribution in [3.05, 3.63) is 59.7 Å². The third kappa shape index (κ3) is 3.11. The molecule has 2 aromatic rings. The molecule has 5 heteroatoms.